The first-order chi connectivity index (χ1) is 11.0. The van der Waals surface area contributed by atoms with Crippen molar-refractivity contribution in [3.05, 3.63) is 36.0 Å². The molecule has 0 aliphatic rings. The highest BCUT2D eigenvalue weighted by Gasteiger charge is 2.16. The third kappa shape index (κ3) is 5.54. The molecular weight excluding hydrogens is 328 g/mol. The highest BCUT2D eigenvalue weighted by Crippen LogP contribution is 2.18. The van der Waals surface area contributed by atoms with Crippen molar-refractivity contribution >= 4 is 35.1 Å². The molecule has 24 heavy (non-hydrogen) atoms. The van der Waals surface area contributed by atoms with Crippen LogP contribution in [0.5, 0.6) is 0 Å². The Morgan fingerprint density at radius 1 is 1.25 bits per heavy atom. The molecule has 0 fully saturated rings. The number of carbonyl (C=O) groups excluding carboxylic acids is 2. The van der Waals surface area contributed by atoms with Gasteiger partial charge in [-0.2, -0.15) is 0 Å². The molecule has 1 aromatic heterocycles. The van der Waals surface area contributed by atoms with Crippen molar-refractivity contribution in [1.82, 2.24) is 15.6 Å². The van der Waals surface area contributed by atoms with Crippen LogP contribution in [0.1, 0.15) is 25.8 Å². The van der Waals surface area contributed by atoms with Crippen LogP contribution in [-0.2, 0) is 16.0 Å². The summed E-state index contributed by atoms with van der Waals surface area (Å²) < 4.78 is 0. The number of carbonyl (C=O) groups is 2. The maximum atomic E-state index is 12.0. The molecule has 0 bridgehead atoms. The average Bonchev–Trinajstić information content (AvgIpc) is 2.89. The van der Waals surface area contributed by atoms with E-state index in [2.05, 4.69) is 15.6 Å². The van der Waals surface area contributed by atoms with Gasteiger partial charge in [-0.1, -0.05) is 18.2 Å². The number of nitrogens with one attached hydrogen (secondary N) is 3. The van der Waals surface area contributed by atoms with E-state index in [1.807, 2.05) is 44.3 Å². The molecule has 2 rings (SSSR count). The predicted molar refractivity (Wildman–Crippen MR) is 98.1 cm³/mol. The molecule has 7 heteroatoms. The zero-order valence-electron chi connectivity index (χ0n) is 14.0. The molecule has 6 nitrogen and oxygen atoms in total. The van der Waals surface area contributed by atoms with Gasteiger partial charge in [0.1, 0.15) is 0 Å². The van der Waals surface area contributed by atoms with Gasteiger partial charge in [0, 0.05) is 36.1 Å². The molecule has 0 saturated carbocycles. The molecule has 0 spiro atoms. The standard InChI is InChI=1S/C17H24N4O2.ClH/c1-11(2)21-16(22)7-8-19-17(23)14(18)9-12-10-20-15-6-4-3-5-13(12)15;/h3-6,10-11,14,20H,7-9,18H2,1-2H3,(H,19,23)(H,21,22);1H/t14-;/m0./s1. The lowest BCUT2D eigenvalue weighted by Gasteiger charge is -2.12. The number of para-hydroxylation sites is 1. The van der Waals surface area contributed by atoms with E-state index < -0.39 is 6.04 Å². The highest BCUT2D eigenvalue weighted by molar-refractivity contribution is 5.86. The van der Waals surface area contributed by atoms with Crippen LogP contribution in [0.3, 0.4) is 0 Å². The van der Waals surface area contributed by atoms with Gasteiger partial charge in [-0.25, -0.2) is 0 Å². The number of hydrogen-bond donors (Lipinski definition) is 4. The van der Waals surface area contributed by atoms with Crippen LogP contribution in [-0.4, -0.2) is 35.4 Å². The number of nitrogens with two attached hydrogens (primary N) is 1. The summed E-state index contributed by atoms with van der Waals surface area (Å²) in [5.41, 5.74) is 8.01. The summed E-state index contributed by atoms with van der Waals surface area (Å²) >= 11 is 0. The summed E-state index contributed by atoms with van der Waals surface area (Å²) in [6.45, 7) is 4.08. The van der Waals surface area contributed by atoms with Gasteiger partial charge in [0.05, 0.1) is 6.04 Å². The molecular formula is C17H25ClN4O2. The summed E-state index contributed by atoms with van der Waals surface area (Å²) in [5, 5.41) is 6.56. The second-order valence-corrected chi connectivity index (χ2v) is 5.93. The fourth-order valence-corrected chi connectivity index (χ4v) is 2.45. The summed E-state index contributed by atoms with van der Waals surface area (Å²) in [7, 11) is 0. The molecule has 2 amide bonds. The number of amides is 2. The number of aromatic nitrogens is 1. The summed E-state index contributed by atoms with van der Waals surface area (Å²) in [5.74, 6) is -0.321. The Balaban J connectivity index is 0.00000288. The Kier molecular flexibility index (Phi) is 7.74. The Morgan fingerprint density at radius 2 is 1.96 bits per heavy atom. The van der Waals surface area contributed by atoms with E-state index in [9.17, 15) is 9.59 Å². The fraction of sp³-hybridized carbons (Fsp3) is 0.412. The van der Waals surface area contributed by atoms with Gasteiger partial charge in [0.25, 0.3) is 0 Å². The second kappa shape index (κ2) is 9.30. The monoisotopic (exact) mass is 352 g/mol. The zero-order valence-corrected chi connectivity index (χ0v) is 14.8. The van der Waals surface area contributed by atoms with Gasteiger partial charge in [-0.15, -0.1) is 12.4 Å². The minimum atomic E-state index is -0.637. The summed E-state index contributed by atoms with van der Waals surface area (Å²) in [6, 6.07) is 7.36. The van der Waals surface area contributed by atoms with Crippen LogP contribution in [0.2, 0.25) is 0 Å². The number of hydrogen-bond acceptors (Lipinski definition) is 3. The Bertz CT molecular complexity index is 684. The van der Waals surface area contributed by atoms with E-state index in [1.165, 1.54) is 0 Å². The maximum Gasteiger partial charge on any atom is 0.237 e. The molecule has 1 heterocycles. The number of H-pyrrole nitrogens is 1. The van der Waals surface area contributed by atoms with Crippen molar-refractivity contribution in [3.8, 4) is 0 Å². The first-order valence-electron chi connectivity index (χ1n) is 7.85. The quantitative estimate of drug-likeness (QED) is 0.607. The molecule has 5 N–H and O–H groups in total. The van der Waals surface area contributed by atoms with Crippen molar-refractivity contribution in [3.63, 3.8) is 0 Å². The van der Waals surface area contributed by atoms with E-state index in [0.29, 0.717) is 13.0 Å². The van der Waals surface area contributed by atoms with Crippen LogP contribution in [0.4, 0.5) is 0 Å². The van der Waals surface area contributed by atoms with Crippen LogP contribution in [0.15, 0.2) is 30.5 Å². The minimum Gasteiger partial charge on any atom is -0.361 e. The first kappa shape index (κ1) is 20.0. The average molecular weight is 353 g/mol. The molecule has 1 atom stereocenters. The van der Waals surface area contributed by atoms with Crippen LogP contribution in [0.25, 0.3) is 10.9 Å². The smallest absolute Gasteiger partial charge is 0.237 e. The molecule has 0 unspecified atom stereocenters. The minimum absolute atomic E-state index is 0. The Labute approximate surface area is 148 Å². The van der Waals surface area contributed by atoms with E-state index in [0.717, 1.165) is 16.5 Å². The molecule has 2 aromatic rings. The van der Waals surface area contributed by atoms with Crippen molar-refractivity contribution in [2.24, 2.45) is 5.73 Å². The summed E-state index contributed by atoms with van der Waals surface area (Å²) in [4.78, 5) is 26.7. The normalized spacial score (nSPS) is 11.8. The van der Waals surface area contributed by atoms with E-state index in [4.69, 9.17) is 5.73 Å². The van der Waals surface area contributed by atoms with Gasteiger partial charge in [-0.3, -0.25) is 9.59 Å². The van der Waals surface area contributed by atoms with Gasteiger partial charge in [0.2, 0.25) is 11.8 Å². The molecule has 0 aliphatic carbocycles. The Morgan fingerprint density at radius 3 is 2.67 bits per heavy atom. The van der Waals surface area contributed by atoms with E-state index in [1.54, 1.807) is 0 Å². The number of aromatic amines is 1. The topological polar surface area (TPSA) is 100 Å². The Hall–Kier alpha value is -2.05. The van der Waals surface area contributed by atoms with Crippen molar-refractivity contribution in [2.45, 2.75) is 38.8 Å². The summed E-state index contributed by atoms with van der Waals surface area (Å²) in [6.07, 6.45) is 2.59. The largest absolute Gasteiger partial charge is 0.361 e. The highest BCUT2D eigenvalue weighted by atomic mass is 35.5. The number of benzene rings is 1. The van der Waals surface area contributed by atoms with Gasteiger partial charge < -0.3 is 21.4 Å². The molecule has 0 saturated heterocycles. The lowest BCUT2D eigenvalue weighted by atomic mass is 10.1. The third-order valence-corrected chi connectivity index (χ3v) is 3.55. The van der Waals surface area contributed by atoms with E-state index >= 15 is 0 Å². The first-order valence-corrected chi connectivity index (χ1v) is 7.85. The lowest BCUT2D eigenvalue weighted by molar-refractivity contribution is -0.123. The molecule has 132 valence electrons. The van der Waals surface area contributed by atoms with E-state index in [-0.39, 0.29) is 36.7 Å². The van der Waals surface area contributed by atoms with Gasteiger partial charge >= 0.3 is 0 Å². The number of rotatable bonds is 7. The SMILES string of the molecule is CC(C)NC(=O)CCNC(=O)[C@@H](N)Cc1c[nH]c2ccccc12.Cl. The van der Waals surface area contributed by atoms with Gasteiger partial charge in [0.15, 0.2) is 0 Å². The van der Waals surface area contributed by atoms with Crippen LogP contribution < -0.4 is 16.4 Å². The predicted octanol–water partition coefficient (Wildman–Crippen LogP) is 1.49. The lowest BCUT2D eigenvalue weighted by Crippen LogP contribution is -2.43. The number of fused-ring (bicyclic) bond motifs is 1. The zero-order chi connectivity index (χ0) is 16.8. The van der Waals surface area contributed by atoms with Gasteiger partial charge in [-0.05, 0) is 31.9 Å². The molecule has 0 aliphatic heterocycles. The van der Waals surface area contributed by atoms with Crippen molar-refractivity contribution < 1.29 is 9.59 Å². The van der Waals surface area contributed by atoms with Crippen molar-refractivity contribution in [1.29, 1.82) is 0 Å². The van der Waals surface area contributed by atoms with Crippen LogP contribution in [0, 0.1) is 0 Å². The number of halogens is 1. The van der Waals surface area contributed by atoms with Crippen molar-refractivity contribution in [2.75, 3.05) is 6.54 Å². The maximum absolute atomic E-state index is 12.0. The third-order valence-electron chi connectivity index (χ3n) is 3.55. The second-order valence-electron chi connectivity index (χ2n) is 5.93. The van der Waals surface area contributed by atoms with Crippen LogP contribution >= 0.6 is 12.4 Å². The fourth-order valence-electron chi connectivity index (χ4n) is 2.45. The molecule has 1 aromatic carbocycles. The molecule has 0 radical (unpaired) electrons.